The Bertz CT molecular complexity index is 282. The van der Waals surface area contributed by atoms with Gasteiger partial charge in [-0.15, -0.1) is 0 Å². The van der Waals surface area contributed by atoms with Crippen molar-refractivity contribution in [1.82, 2.24) is 4.90 Å². The van der Waals surface area contributed by atoms with Crippen LogP contribution in [0.1, 0.15) is 18.4 Å². The highest BCUT2D eigenvalue weighted by Crippen LogP contribution is 2.13. The third kappa shape index (κ3) is 5.14. The fraction of sp³-hybridized carbons (Fsp3) is 0.538. The molecule has 0 saturated carbocycles. The van der Waals surface area contributed by atoms with Crippen molar-refractivity contribution in [2.75, 3.05) is 27.2 Å². The maximum absolute atomic E-state index is 5.60. The molecule has 0 aromatic heterocycles. The highest BCUT2D eigenvalue weighted by atomic mass is 16.5. The van der Waals surface area contributed by atoms with Crippen LogP contribution in [-0.2, 0) is 6.54 Å². The van der Waals surface area contributed by atoms with Crippen LogP contribution in [0.5, 0.6) is 5.75 Å². The Labute approximate surface area is 98.2 Å². The summed E-state index contributed by atoms with van der Waals surface area (Å²) >= 11 is 0. The standard InChI is InChI=1S/C13H22N2O/c1-15(2)11-12-5-7-13(8-6-12)16-10-4-3-9-14/h5-8H,3-4,9-11,14H2,1-2H3. The van der Waals surface area contributed by atoms with Gasteiger partial charge in [0.05, 0.1) is 6.61 Å². The minimum atomic E-state index is 0.741. The smallest absolute Gasteiger partial charge is 0.119 e. The first-order chi connectivity index (χ1) is 7.72. The number of nitrogens with zero attached hydrogens (tertiary/aromatic N) is 1. The second-order valence-corrected chi connectivity index (χ2v) is 4.23. The Morgan fingerprint density at radius 2 is 1.81 bits per heavy atom. The fourth-order valence-corrected chi connectivity index (χ4v) is 1.49. The molecule has 0 atom stereocenters. The number of benzene rings is 1. The summed E-state index contributed by atoms with van der Waals surface area (Å²) < 4.78 is 5.60. The summed E-state index contributed by atoms with van der Waals surface area (Å²) in [6, 6.07) is 8.28. The molecule has 0 unspecified atom stereocenters. The monoisotopic (exact) mass is 222 g/mol. The minimum absolute atomic E-state index is 0.741. The van der Waals surface area contributed by atoms with Crippen LogP contribution in [0.4, 0.5) is 0 Å². The number of rotatable bonds is 7. The predicted molar refractivity (Wildman–Crippen MR) is 67.6 cm³/mol. The van der Waals surface area contributed by atoms with E-state index in [0.29, 0.717) is 0 Å². The summed E-state index contributed by atoms with van der Waals surface area (Å²) in [5.74, 6) is 0.944. The fourth-order valence-electron chi connectivity index (χ4n) is 1.49. The van der Waals surface area contributed by atoms with Crippen LogP contribution in [-0.4, -0.2) is 32.1 Å². The topological polar surface area (TPSA) is 38.5 Å². The van der Waals surface area contributed by atoms with Gasteiger partial charge >= 0.3 is 0 Å². The van der Waals surface area contributed by atoms with Crippen molar-refractivity contribution in [1.29, 1.82) is 0 Å². The van der Waals surface area contributed by atoms with Gasteiger partial charge in [0.2, 0.25) is 0 Å². The third-order valence-corrected chi connectivity index (χ3v) is 2.29. The molecule has 3 nitrogen and oxygen atoms in total. The second kappa shape index (κ2) is 7.25. The Morgan fingerprint density at radius 1 is 1.12 bits per heavy atom. The molecule has 0 radical (unpaired) electrons. The van der Waals surface area contributed by atoms with E-state index >= 15 is 0 Å². The van der Waals surface area contributed by atoms with Crippen molar-refractivity contribution in [2.45, 2.75) is 19.4 Å². The minimum Gasteiger partial charge on any atom is -0.494 e. The molecular weight excluding hydrogens is 200 g/mol. The lowest BCUT2D eigenvalue weighted by atomic mass is 10.2. The molecule has 0 aliphatic rings. The molecule has 1 aromatic carbocycles. The molecule has 0 saturated heterocycles. The zero-order valence-corrected chi connectivity index (χ0v) is 10.3. The van der Waals surface area contributed by atoms with Gasteiger partial charge in [-0.3, -0.25) is 0 Å². The lowest BCUT2D eigenvalue weighted by molar-refractivity contribution is 0.307. The first kappa shape index (κ1) is 13.0. The number of ether oxygens (including phenoxy) is 1. The lowest BCUT2D eigenvalue weighted by Crippen LogP contribution is -2.10. The summed E-state index contributed by atoms with van der Waals surface area (Å²) in [6.07, 6.45) is 2.05. The van der Waals surface area contributed by atoms with Gasteiger partial charge in [-0.05, 0) is 51.2 Å². The molecule has 2 N–H and O–H groups in total. The Balaban J connectivity index is 2.33. The molecule has 0 aliphatic heterocycles. The van der Waals surface area contributed by atoms with Gasteiger partial charge in [-0.25, -0.2) is 0 Å². The molecule has 0 fully saturated rings. The van der Waals surface area contributed by atoms with Gasteiger partial charge in [0.15, 0.2) is 0 Å². The van der Waals surface area contributed by atoms with Gasteiger partial charge in [0.1, 0.15) is 5.75 Å². The largest absolute Gasteiger partial charge is 0.494 e. The van der Waals surface area contributed by atoms with Crippen LogP contribution in [0.25, 0.3) is 0 Å². The summed E-state index contributed by atoms with van der Waals surface area (Å²) in [6.45, 7) is 2.46. The molecular formula is C13H22N2O. The van der Waals surface area contributed by atoms with E-state index in [1.165, 1.54) is 5.56 Å². The molecule has 0 amide bonds. The number of unbranched alkanes of at least 4 members (excludes halogenated alkanes) is 1. The van der Waals surface area contributed by atoms with E-state index in [0.717, 1.165) is 38.3 Å². The Kier molecular flexibility index (Phi) is 5.90. The maximum Gasteiger partial charge on any atom is 0.119 e. The van der Waals surface area contributed by atoms with Crippen LogP contribution >= 0.6 is 0 Å². The van der Waals surface area contributed by atoms with E-state index < -0.39 is 0 Å². The van der Waals surface area contributed by atoms with E-state index in [1.807, 2.05) is 12.1 Å². The van der Waals surface area contributed by atoms with Crippen LogP contribution < -0.4 is 10.5 Å². The Hall–Kier alpha value is -1.06. The van der Waals surface area contributed by atoms with Crippen molar-refractivity contribution < 1.29 is 4.74 Å². The molecule has 16 heavy (non-hydrogen) atoms. The van der Waals surface area contributed by atoms with Gasteiger partial charge in [-0.1, -0.05) is 12.1 Å². The molecule has 0 heterocycles. The number of hydrogen-bond acceptors (Lipinski definition) is 3. The van der Waals surface area contributed by atoms with Crippen molar-refractivity contribution in [3.63, 3.8) is 0 Å². The van der Waals surface area contributed by atoms with Gasteiger partial charge in [0, 0.05) is 6.54 Å². The summed E-state index contributed by atoms with van der Waals surface area (Å²) in [4.78, 5) is 2.15. The van der Waals surface area contributed by atoms with E-state index in [-0.39, 0.29) is 0 Å². The average Bonchev–Trinajstić information content (AvgIpc) is 2.26. The van der Waals surface area contributed by atoms with Gasteiger partial charge < -0.3 is 15.4 Å². The van der Waals surface area contributed by atoms with Crippen LogP contribution in [0, 0.1) is 0 Å². The molecule has 0 bridgehead atoms. The van der Waals surface area contributed by atoms with E-state index in [9.17, 15) is 0 Å². The van der Waals surface area contributed by atoms with Gasteiger partial charge in [0.25, 0.3) is 0 Å². The molecule has 0 aliphatic carbocycles. The summed E-state index contributed by atoms with van der Waals surface area (Å²) in [5, 5.41) is 0. The van der Waals surface area contributed by atoms with Crippen molar-refractivity contribution in [3.8, 4) is 5.75 Å². The maximum atomic E-state index is 5.60. The molecule has 3 heteroatoms. The zero-order valence-electron chi connectivity index (χ0n) is 10.3. The number of hydrogen-bond donors (Lipinski definition) is 1. The quantitative estimate of drug-likeness (QED) is 0.716. The normalized spacial score (nSPS) is 10.8. The number of nitrogens with two attached hydrogens (primary N) is 1. The predicted octanol–water partition coefficient (Wildman–Crippen LogP) is 1.87. The first-order valence-electron chi connectivity index (χ1n) is 5.79. The molecule has 90 valence electrons. The lowest BCUT2D eigenvalue weighted by Gasteiger charge is -2.10. The highest BCUT2D eigenvalue weighted by Gasteiger charge is 1.97. The van der Waals surface area contributed by atoms with Gasteiger partial charge in [-0.2, -0.15) is 0 Å². The average molecular weight is 222 g/mol. The third-order valence-electron chi connectivity index (χ3n) is 2.29. The highest BCUT2D eigenvalue weighted by molar-refractivity contribution is 5.27. The first-order valence-corrected chi connectivity index (χ1v) is 5.79. The second-order valence-electron chi connectivity index (χ2n) is 4.23. The summed E-state index contributed by atoms with van der Waals surface area (Å²) in [7, 11) is 4.13. The van der Waals surface area contributed by atoms with E-state index in [4.69, 9.17) is 10.5 Å². The van der Waals surface area contributed by atoms with Crippen molar-refractivity contribution in [3.05, 3.63) is 29.8 Å². The van der Waals surface area contributed by atoms with Crippen molar-refractivity contribution in [2.24, 2.45) is 5.73 Å². The molecule has 1 aromatic rings. The summed E-state index contributed by atoms with van der Waals surface area (Å²) in [5.41, 5.74) is 6.72. The molecule has 1 rings (SSSR count). The van der Waals surface area contributed by atoms with Crippen molar-refractivity contribution >= 4 is 0 Å². The van der Waals surface area contributed by atoms with E-state index in [2.05, 4.69) is 31.1 Å². The Morgan fingerprint density at radius 3 is 2.38 bits per heavy atom. The van der Waals surface area contributed by atoms with Crippen LogP contribution in [0.2, 0.25) is 0 Å². The molecule has 0 spiro atoms. The van der Waals surface area contributed by atoms with E-state index in [1.54, 1.807) is 0 Å². The SMILES string of the molecule is CN(C)Cc1ccc(OCCCCN)cc1. The van der Waals surface area contributed by atoms with Crippen LogP contribution in [0.15, 0.2) is 24.3 Å². The zero-order chi connectivity index (χ0) is 11.8. The van der Waals surface area contributed by atoms with Crippen LogP contribution in [0.3, 0.4) is 0 Å².